The fourth-order valence-corrected chi connectivity index (χ4v) is 2.98. The molecule has 0 saturated heterocycles. The monoisotopic (exact) mass is 227 g/mol. The van der Waals surface area contributed by atoms with E-state index in [-0.39, 0.29) is 11.2 Å². The SMILES string of the molecule is CC1(C)CC(=O)CC(C#N)(c2ccccc2)C1. The number of nitrogens with zero attached hydrogens (tertiary/aromatic N) is 1. The second-order valence-electron chi connectivity index (χ2n) is 5.79. The van der Waals surface area contributed by atoms with Crippen molar-refractivity contribution in [2.45, 2.75) is 38.5 Å². The zero-order valence-corrected chi connectivity index (χ0v) is 10.4. The molecule has 1 saturated carbocycles. The van der Waals surface area contributed by atoms with Crippen molar-refractivity contribution in [1.82, 2.24) is 0 Å². The van der Waals surface area contributed by atoms with Crippen LogP contribution in [0.15, 0.2) is 30.3 Å². The fourth-order valence-electron chi connectivity index (χ4n) is 2.98. The van der Waals surface area contributed by atoms with Crippen LogP contribution in [0.5, 0.6) is 0 Å². The van der Waals surface area contributed by atoms with E-state index in [0.717, 1.165) is 12.0 Å². The third-order valence-corrected chi connectivity index (χ3v) is 3.50. The van der Waals surface area contributed by atoms with E-state index in [0.29, 0.717) is 12.8 Å². The summed E-state index contributed by atoms with van der Waals surface area (Å²) in [4.78, 5) is 11.9. The number of hydrogen-bond acceptors (Lipinski definition) is 2. The molecule has 0 amide bonds. The smallest absolute Gasteiger partial charge is 0.135 e. The van der Waals surface area contributed by atoms with Gasteiger partial charge in [-0.2, -0.15) is 5.26 Å². The first-order valence-electron chi connectivity index (χ1n) is 5.96. The summed E-state index contributed by atoms with van der Waals surface area (Å²) in [5.41, 5.74) is 0.268. The molecule has 1 aliphatic rings. The molecule has 0 aliphatic heterocycles. The molecule has 2 nitrogen and oxygen atoms in total. The molecule has 1 fully saturated rings. The van der Waals surface area contributed by atoms with Gasteiger partial charge in [0.15, 0.2) is 0 Å². The van der Waals surface area contributed by atoms with E-state index in [1.54, 1.807) is 0 Å². The lowest BCUT2D eigenvalue weighted by atomic mass is 9.61. The van der Waals surface area contributed by atoms with Gasteiger partial charge in [0.05, 0.1) is 11.5 Å². The highest BCUT2D eigenvalue weighted by Gasteiger charge is 2.45. The Hall–Kier alpha value is -1.62. The number of Topliss-reactive ketones (excluding diaryl/α,β-unsaturated/α-hetero) is 1. The lowest BCUT2D eigenvalue weighted by Crippen LogP contribution is -2.40. The average Bonchev–Trinajstić information content (AvgIpc) is 2.27. The van der Waals surface area contributed by atoms with Gasteiger partial charge in [0.1, 0.15) is 5.78 Å². The maximum atomic E-state index is 11.9. The second-order valence-corrected chi connectivity index (χ2v) is 5.79. The molecule has 0 N–H and O–H groups in total. The van der Waals surface area contributed by atoms with Crippen molar-refractivity contribution < 1.29 is 4.79 Å². The van der Waals surface area contributed by atoms with Crippen LogP contribution in [0.25, 0.3) is 0 Å². The summed E-state index contributed by atoms with van der Waals surface area (Å²) in [6, 6.07) is 12.1. The summed E-state index contributed by atoms with van der Waals surface area (Å²) < 4.78 is 0. The van der Waals surface area contributed by atoms with Gasteiger partial charge in [-0.05, 0) is 17.4 Å². The number of carbonyl (C=O) groups excluding carboxylic acids is 1. The Labute approximate surface area is 102 Å². The molecule has 0 aromatic heterocycles. The number of carbonyl (C=O) groups is 1. The van der Waals surface area contributed by atoms with Crippen LogP contribution in [0, 0.1) is 16.7 Å². The lowest BCUT2D eigenvalue weighted by molar-refractivity contribution is -0.124. The van der Waals surface area contributed by atoms with E-state index < -0.39 is 5.41 Å². The Balaban J connectivity index is 2.45. The predicted molar refractivity (Wildman–Crippen MR) is 66.4 cm³/mol. The summed E-state index contributed by atoms with van der Waals surface area (Å²) in [6.07, 6.45) is 1.70. The standard InChI is InChI=1S/C15H17NO/c1-14(2)8-13(17)9-15(10-14,11-16)12-6-4-3-5-7-12/h3-7H,8-10H2,1-2H3. The normalized spacial score (nSPS) is 27.5. The zero-order chi connectivity index (χ0) is 12.5. The molecule has 1 aromatic carbocycles. The highest BCUT2D eigenvalue weighted by atomic mass is 16.1. The van der Waals surface area contributed by atoms with Crippen molar-refractivity contribution in [2.75, 3.05) is 0 Å². The molecule has 0 heterocycles. The van der Waals surface area contributed by atoms with Crippen molar-refractivity contribution in [3.63, 3.8) is 0 Å². The molecule has 2 rings (SSSR count). The Morgan fingerprint density at radius 1 is 1.18 bits per heavy atom. The molecule has 0 spiro atoms. The van der Waals surface area contributed by atoms with Crippen LogP contribution in [0.4, 0.5) is 0 Å². The molecule has 1 aromatic rings. The highest BCUT2D eigenvalue weighted by Crippen LogP contribution is 2.45. The minimum Gasteiger partial charge on any atom is -0.300 e. The summed E-state index contributed by atoms with van der Waals surface area (Å²) in [7, 11) is 0. The maximum Gasteiger partial charge on any atom is 0.135 e. The summed E-state index contributed by atoms with van der Waals surface area (Å²) in [5, 5.41) is 9.54. The number of benzene rings is 1. The van der Waals surface area contributed by atoms with E-state index in [2.05, 4.69) is 19.9 Å². The second kappa shape index (κ2) is 4.00. The Morgan fingerprint density at radius 3 is 2.35 bits per heavy atom. The molecule has 88 valence electrons. The average molecular weight is 227 g/mol. The molecular formula is C15H17NO. The van der Waals surface area contributed by atoms with Gasteiger partial charge in [-0.1, -0.05) is 44.2 Å². The van der Waals surface area contributed by atoms with E-state index in [1.165, 1.54) is 0 Å². The van der Waals surface area contributed by atoms with Gasteiger partial charge in [0, 0.05) is 12.8 Å². The van der Waals surface area contributed by atoms with Crippen LogP contribution in [0.1, 0.15) is 38.7 Å². The Bertz CT molecular complexity index is 469. The third-order valence-electron chi connectivity index (χ3n) is 3.50. The molecule has 2 heteroatoms. The number of rotatable bonds is 1. The van der Waals surface area contributed by atoms with E-state index in [4.69, 9.17) is 0 Å². The molecule has 1 aliphatic carbocycles. The van der Waals surface area contributed by atoms with E-state index in [9.17, 15) is 10.1 Å². The fraction of sp³-hybridized carbons (Fsp3) is 0.467. The minimum atomic E-state index is -0.625. The van der Waals surface area contributed by atoms with Crippen molar-refractivity contribution in [3.05, 3.63) is 35.9 Å². The van der Waals surface area contributed by atoms with Crippen LogP contribution in [-0.2, 0) is 10.2 Å². The van der Waals surface area contributed by atoms with Crippen LogP contribution in [0.2, 0.25) is 0 Å². The van der Waals surface area contributed by atoms with Crippen LogP contribution >= 0.6 is 0 Å². The van der Waals surface area contributed by atoms with Gasteiger partial charge in [0.2, 0.25) is 0 Å². The van der Waals surface area contributed by atoms with Crippen LogP contribution in [0.3, 0.4) is 0 Å². The Kier molecular flexibility index (Phi) is 2.79. The predicted octanol–water partition coefficient (Wildman–Crippen LogP) is 3.23. The number of nitriles is 1. The van der Waals surface area contributed by atoms with Crippen LogP contribution < -0.4 is 0 Å². The summed E-state index contributed by atoms with van der Waals surface area (Å²) in [5.74, 6) is 0.201. The largest absolute Gasteiger partial charge is 0.300 e. The topological polar surface area (TPSA) is 40.9 Å². The van der Waals surface area contributed by atoms with Gasteiger partial charge < -0.3 is 0 Å². The first kappa shape index (κ1) is 11.9. The van der Waals surface area contributed by atoms with Gasteiger partial charge >= 0.3 is 0 Å². The molecule has 1 atom stereocenters. The van der Waals surface area contributed by atoms with Crippen molar-refractivity contribution >= 4 is 5.78 Å². The Morgan fingerprint density at radius 2 is 1.82 bits per heavy atom. The van der Waals surface area contributed by atoms with E-state index in [1.807, 2.05) is 30.3 Å². The number of ketones is 1. The van der Waals surface area contributed by atoms with Gasteiger partial charge in [-0.15, -0.1) is 0 Å². The maximum absolute atomic E-state index is 11.9. The zero-order valence-electron chi connectivity index (χ0n) is 10.4. The van der Waals surface area contributed by atoms with Gasteiger partial charge in [0.25, 0.3) is 0 Å². The van der Waals surface area contributed by atoms with Gasteiger partial charge in [-0.3, -0.25) is 4.79 Å². The lowest BCUT2D eigenvalue weighted by Gasteiger charge is -2.40. The highest BCUT2D eigenvalue weighted by molar-refractivity contribution is 5.82. The van der Waals surface area contributed by atoms with Crippen molar-refractivity contribution in [2.24, 2.45) is 5.41 Å². The van der Waals surface area contributed by atoms with Gasteiger partial charge in [-0.25, -0.2) is 0 Å². The third kappa shape index (κ3) is 2.24. The summed E-state index contributed by atoms with van der Waals surface area (Å²) in [6.45, 7) is 4.14. The minimum absolute atomic E-state index is 0.0824. The van der Waals surface area contributed by atoms with Crippen LogP contribution in [-0.4, -0.2) is 5.78 Å². The summed E-state index contributed by atoms with van der Waals surface area (Å²) >= 11 is 0. The first-order chi connectivity index (χ1) is 7.97. The molecule has 1 unspecified atom stereocenters. The molecule has 0 radical (unpaired) electrons. The van der Waals surface area contributed by atoms with Crippen molar-refractivity contribution in [1.29, 1.82) is 5.26 Å². The molecule has 0 bridgehead atoms. The molecular weight excluding hydrogens is 210 g/mol. The molecule has 17 heavy (non-hydrogen) atoms. The van der Waals surface area contributed by atoms with Crippen molar-refractivity contribution in [3.8, 4) is 6.07 Å². The number of hydrogen-bond donors (Lipinski definition) is 0. The quantitative estimate of drug-likeness (QED) is 0.739. The van der Waals surface area contributed by atoms with E-state index >= 15 is 0 Å². The first-order valence-corrected chi connectivity index (χ1v) is 5.96.